The summed E-state index contributed by atoms with van der Waals surface area (Å²) < 4.78 is 2.36. The summed E-state index contributed by atoms with van der Waals surface area (Å²) in [4.78, 5) is 4.27. The number of aromatic nitrogens is 2. The Morgan fingerprint density at radius 3 is 3.19 bits per heavy atom. The van der Waals surface area contributed by atoms with E-state index in [-0.39, 0.29) is 0 Å². The van der Waals surface area contributed by atoms with E-state index in [0.29, 0.717) is 12.6 Å². The Hall–Kier alpha value is -0.480. The first-order valence-electron chi connectivity index (χ1n) is 6.08. The molecule has 1 heterocycles. The number of rotatable bonds is 4. The van der Waals surface area contributed by atoms with E-state index in [9.17, 15) is 0 Å². The third kappa shape index (κ3) is 2.61. The largest absolute Gasteiger partial charge is 0.331 e. The first-order chi connectivity index (χ1) is 7.85. The van der Waals surface area contributed by atoms with Crippen LogP contribution >= 0.6 is 11.8 Å². The van der Waals surface area contributed by atoms with Gasteiger partial charge in [-0.2, -0.15) is 11.8 Å². The maximum absolute atomic E-state index is 5.63. The zero-order valence-corrected chi connectivity index (χ0v) is 10.7. The van der Waals surface area contributed by atoms with Gasteiger partial charge in [-0.3, -0.25) is 0 Å². The summed E-state index contributed by atoms with van der Waals surface area (Å²) in [6.07, 6.45) is 12.4. The van der Waals surface area contributed by atoms with Crippen LogP contribution < -0.4 is 5.73 Å². The third-order valence-electron chi connectivity index (χ3n) is 3.47. The molecule has 2 rings (SSSR count). The fraction of sp³-hybridized carbons (Fsp3) is 0.750. The predicted octanol–water partition coefficient (Wildman–Crippen LogP) is 2.23. The second-order valence-corrected chi connectivity index (χ2v) is 5.65. The molecule has 2 N–H and O–H groups in total. The van der Waals surface area contributed by atoms with E-state index in [2.05, 4.69) is 15.8 Å². The van der Waals surface area contributed by atoms with E-state index in [1.807, 2.05) is 24.3 Å². The number of nitrogens with two attached hydrogens (primary N) is 1. The number of imidazole rings is 1. The van der Waals surface area contributed by atoms with Crippen molar-refractivity contribution in [3.63, 3.8) is 0 Å². The van der Waals surface area contributed by atoms with Gasteiger partial charge in [-0.1, -0.05) is 6.42 Å². The summed E-state index contributed by atoms with van der Waals surface area (Å²) in [7, 11) is 0. The van der Waals surface area contributed by atoms with Gasteiger partial charge >= 0.3 is 0 Å². The second-order valence-electron chi connectivity index (χ2n) is 4.51. The van der Waals surface area contributed by atoms with Gasteiger partial charge in [-0.15, -0.1) is 0 Å². The van der Waals surface area contributed by atoms with Gasteiger partial charge in [0, 0.05) is 29.6 Å². The van der Waals surface area contributed by atoms with Crippen LogP contribution in [0.2, 0.25) is 0 Å². The lowest BCUT2D eigenvalue weighted by molar-refractivity contribution is 0.354. The Labute approximate surface area is 102 Å². The molecule has 0 aromatic carbocycles. The highest BCUT2D eigenvalue weighted by molar-refractivity contribution is 7.99. The highest BCUT2D eigenvalue weighted by atomic mass is 32.2. The van der Waals surface area contributed by atoms with Crippen LogP contribution in [0, 0.1) is 0 Å². The molecule has 0 spiro atoms. The van der Waals surface area contributed by atoms with Gasteiger partial charge in [-0.05, 0) is 32.1 Å². The van der Waals surface area contributed by atoms with Crippen LogP contribution in [0.25, 0.3) is 0 Å². The molecule has 4 heteroatoms. The van der Waals surface area contributed by atoms with Crippen molar-refractivity contribution >= 4 is 11.8 Å². The molecule has 1 aromatic heterocycles. The molecule has 1 aliphatic rings. The monoisotopic (exact) mass is 239 g/mol. The van der Waals surface area contributed by atoms with Crippen LogP contribution in [-0.2, 0) is 6.42 Å². The standard InChI is InChI=1S/C12H21N3S/c1-16-12-4-2-3-10(7-12)15-9-14-8-11(15)5-6-13/h8-10,12H,2-7,13H2,1H3. The van der Waals surface area contributed by atoms with Gasteiger partial charge in [0.25, 0.3) is 0 Å². The lowest BCUT2D eigenvalue weighted by Gasteiger charge is -2.30. The molecule has 1 aromatic rings. The Kier molecular flexibility index (Phi) is 4.29. The minimum absolute atomic E-state index is 0.648. The molecule has 2 unspecified atom stereocenters. The second kappa shape index (κ2) is 5.73. The van der Waals surface area contributed by atoms with Gasteiger partial charge in [0.15, 0.2) is 0 Å². The molecule has 1 saturated carbocycles. The average Bonchev–Trinajstić information content (AvgIpc) is 2.78. The first kappa shape index (κ1) is 12.0. The molecule has 2 atom stereocenters. The molecule has 3 nitrogen and oxygen atoms in total. The van der Waals surface area contributed by atoms with Crippen LogP contribution in [0.3, 0.4) is 0 Å². The molecule has 1 aliphatic carbocycles. The van der Waals surface area contributed by atoms with Crippen LogP contribution in [0.1, 0.15) is 37.4 Å². The molecular weight excluding hydrogens is 218 g/mol. The zero-order chi connectivity index (χ0) is 11.4. The molecule has 16 heavy (non-hydrogen) atoms. The summed E-state index contributed by atoms with van der Waals surface area (Å²) in [5.74, 6) is 0. The van der Waals surface area contributed by atoms with Gasteiger partial charge in [0.2, 0.25) is 0 Å². The fourth-order valence-corrected chi connectivity index (χ4v) is 3.41. The summed E-state index contributed by atoms with van der Waals surface area (Å²) in [5.41, 5.74) is 6.93. The van der Waals surface area contributed by atoms with Crippen molar-refractivity contribution in [2.24, 2.45) is 5.73 Å². The quantitative estimate of drug-likeness (QED) is 0.876. The van der Waals surface area contributed by atoms with Crippen LogP contribution in [0.15, 0.2) is 12.5 Å². The number of hydrogen-bond donors (Lipinski definition) is 1. The fourth-order valence-electron chi connectivity index (χ4n) is 2.59. The van der Waals surface area contributed by atoms with Crippen molar-refractivity contribution in [1.29, 1.82) is 0 Å². The summed E-state index contributed by atoms with van der Waals surface area (Å²) >= 11 is 2.01. The lowest BCUT2D eigenvalue weighted by Crippen LogP contribution is -2.22. The maximum Gasteiger partial charge on any atom is 0.0950 e. The van der Waals surface area contributed by atoms with E-state index in [1.54, 1.807) is 0 Å². The van der Waals surface area contributed by atoms with Crippen LogP contribution in [-0.4, -0.2) is 27.6 Å². The van der Waals surface area contributed by atoms with Crippen molar-refractivity contribution in [2.45, 2.75) is 43.4 Å². The number of nitrogens with zero attached hydrogens (tertiary/aromatic N) is 2. The number of thioether (sulfide) groups is 1. The van der Waals surface area contributed by atoms with E-state index >= 15 is 0 Å². The van der Waals surface area contributed by atoms with Gasteiger partial charge in [-0.25, -0.2) is 4.98 Å². The van der Waals surface area contributed by atoms with Gasteiger partial charge < -0.3 is 10.3 Å². The normalized spacial score (nSPS) is 25.9. The molecular formula is C12H21N3S. The lowest BCUT2D eigenvalue weighted by atomic mass is 9.94. The average molecular weight is 239 g/mol. The minimum atomic E-state index is 0.648. The van der Waals surface area contributed by atoms with Crippen molar-refractivity contribution in [3.05, 3.63) is 18.2 Å². The third-order valence-corrected chi connectivity index (χ3v) is 4.57. The van der Waals surface area contributed by atoms with E-state index in [4.69, 9.17) is 5.73 Å². The Balaban J connectivity index is 2.07. The van der Waals surface area contributed by atoms with E-state index in [1.165, 1.54) is 31.4 Å². The Bertz CT molecular complexity index is 324. The maximum atomic E-state index is 5.63. The minimum Gasteiger partial charge on any atom is -0.331 e. The Morgan fingerprint density at radius 2 is 2.44 bits per heavy atom. The molecule has 0 bridgehead atoms. The van der Waals surface area contributed by atoms with Crippen molar-refractivity contribution in [2.75, 3.05) is 12.8 Å². The van der Waals surface area contributed by atoms with Crippen molar-refractivity contribution in [3.8, 4) is 0 Å². The van der Waals surface area contributed by atoms with Crippen LogP contribution in [0.4, 0.5) is 0 Å². The number of hydrogen-bond acceptors (Lipinski definition) is 3. The summed E-state index contributed by atoms with van der Waals surface area (Å²) in [6.45, 7) is 0.713. The smallest absolute Gasteiger partial charge is 0.0950 e. The van der Waals surface area contributed by atoms with E-state index < -0.39 is 0 Å². The molecule has 90 valence electrons. The highest BCUT2D eigenvalue weighted by Gasteiger charge is 2.23. The van der Waals surface area contributed by atoms with Gasteiger partial charge in [0.05, 0.1) is 6.33 Å². The van der Waals surface area contributed by atoms with Gasteiger partial charge in [0.1, 0.15) is 0 Å². The van der Waals surface area contributed by atoms with E-state index in [0.717, 1.165) is 11.7 Å². The molecule has 0 amide bonds. The zero-order valence-electron chi connectivity index (χ0n) is 9.93. The molecule has 0 aliphatic heterocycles. The molecule has 1 fully saturated rings. The summed E-state index contributed by atoms with van der Waals surface area (Å²) in [6, 6.07) is 0.648. The summed E-state index contributed by atoms with van der Waals surface area (Å²) in [5, 5.41) is 0.826. The van der Waals surface area contributed by atoms with Crippen molar-refractivity contribution in [1.82, 2.24) is 9.55 Å². The highest BCUT2D eigenvalue weighted by Crippen LogP contribution is 2.34. The topological polar surface area (TPSA) is 43.8 Å². The SMILES string of the molecule is CSC1CCCC(n2cncc2CCN)C1. The predicted molar refractivity (Wildman–Crippen MR) is 69.8 cm³/mol. The molecule has 0 saturated heterocycles. The first-order valence-corrected chi connectivity index (χ1v) is 7.37. The Morgan fingerprint density at radius 1 is 1.56 bits per heavy atom. The molecule has 0 radical (unpaired) electrons. The van der Waals surface area contributed by atoms with Crippen molar-refractivity contribution < 1.29 is 0 Å². The van der Waals surface area contributed by atoms with Crippen LogP contribution in [0.5, 0.6) is 0 Å².